The van der Waals surface area contributed by atoms with Crippen LogP contribution in [0.3, 0.4) is 0 Å². The molecule has 1 aliphatic carbocycles. The number of benzene rings is 3. The molecule has 0 unspecified atom stereocenters. The molecule has 5 heteroatoms. The Morgan fingerprint density at radius 1 is 0.778 bits per heavy atom. The van der Waals surface area contributed by atoms with E-state index < -0.39 is 5.60 Å². The molecule has 186 valence electrons. The zero-order chi connectivity index (χ0) is 25.4. The van der Waals surface area contributed by atoms with E-state index in [0.717, 1.165) is 50.2 Å². The number of ether oxygens (including phenoxy) is 3. The third kappa shape index (κ3) is 5.81. The number of halogens is 1. The molecular formula is C31H31BrO4. The van der Waals surface area contributed by atoms with Crippen molar-refractivity contribution in [1.82, 2.24) is 0 Å². The van der Waals surface area contributed by atoms with E-state index in [2.05, 4.69) is 70.6 Å². The first-order valence-corrected chi connectivity index (χ1v) is 12.7. The highest BCUT2D eigenvalue weighted by Crippen LogP contribution is 2.42. The van der Waals surface area contributed by atoms with E-state index in [1.54, 1.807) is 14.2 Å². The fourth-order valence-corrected chi connectivity index (χ4v) is 5.09. The summed E-state index contributed by atoms with van der Waals surface area (Å²) in [5, 5.41) is 9.38. The molecule has 0 aromatic heterocycles. The zero-order valence-corrected chi connectivity index (χ0v) is 22.2. The maximum absolute atomic E-state index is 9.38. The van der Waals surface area contributed by atoms with Crippen LogP contribution in [-0.4, -0.2) is 32.5 Å². The number of aliphatic hydroxyl groups is 1. The van der Waals surface area contributed by atoms with Crippen molar-refractivity contribution in [2.24, 2.45) is 0 Å². The van der Waals surface area contributed by atoms with Crippen molar-refractivity contribution in [1.29, 1.82) is 0 Å². The smallest absolute Gasteiger partial charge is 0.144 e. The highest BCUT2D eigenvalue weighted by molar-refractivity contribution is 9.11. The average Bonchev–Trinajstić information content (AvgIpc) is 3.11. The first-order valence-electron chi connectivity index (χ1n) is 11.9. The summed E-state index contributed by atoms with van der Waals surface area (Å²) >= 11 is 3.65. The molecular weight excluding hydrogens is 516 g/mol. The third-order valence-electron chi connectivity index (χ3n) is 6.34. The Labute approximate surface area is 221 Å². The van der Waals surface area contributed by atoms with Gasteiger partial charge >= 0.3 is 0 Å². The molecule has 1 N–H and O–H groups in total. The predicted molar refractivity (Wildman–Crippen MR) is 148 cm³/mol. The van der Waals surface area contributed by atoms with Crippen molar-refractivity contribution in [3.8, 4) is 11.5 Å². The number of allylic oxidation sites excluding steroid dienone is 4. The SMILES string of the molecule is COc1ccc(C(OCC2=CC(Br)=CC(CCO)=CC2)(c2ccccc2)c2ccc(OC)cc2)cc1. The minimum Gasteiger partial charge on any atom is -0.497 e. The number of hydrogen-bond donors (Lipinski definition) is 1. The molecule has 1 aliphatic rings. The van der Waals surface area contributed by atoms with E-state index >= 15 is 0 Å². The molecule has 0 atom stereocenters. The van der Waals surface area contributed by atoms with Crippen LogP contribution in [0, 0.1) is 0 Å². The van der Waals surface area contributed by atoms with Crippen LogP contribution in [0.25, 0.3) is 0 Å². The third-order valence-corrected chi connectivity index (χ3v) is 6.80. The van der Waals surface area contributed by atoms with Crippen LogP contribution in [0.4, 0.5) is 0 Å². The van der Waals surface area contributed by atoms with E-state index in [1.165, 1.54) is 0 Å². The molecule has 0 saturated heterocycles. The van der Waals surface area contributed by atoms with Crippen LogP contribution in [0.15, 0.2) is 113 Å². The van der Waals surface area contributed by atoms with Gasteiger partial charge in [-0.25, -0.2) is 0 Å². The van der Waals surface area contributed by atoms with E-state index in [1.807, 2.05) is 42.5 Å². The van der Waals surface area contributed by atoms with Crippen molar-refractivity contribution in [3.05, 3.63) is 129 Å². The Hall–Kier alpha value is -3.12. The molecule has 4 nitrogen and oxygen atoms in total. The zero-order valence-electron chi connectivity index (χ0n) is 20.6. The molecule has 0 amide bonds. The van der Waals surface area contributed by atoms with Gasteiger partial charge in [0.15, 0.2) is 0 Å². The molecule has 3 aromatic rings. The lowest BCUT2D eigenvalue weighted by molar-refractivity contribution is 0.0271. The molecule has 3 aromatic carbocycles. The van der Waals surface area contributed by atoms with E-state index in [0.29, 0.717) is 13.0 Å². The lowest BCUT2D eigenvalue weighted by Gasteiger charge is -2.36. The van der Waals surface area contributed by atoms with Gasteiger partial charge in [-0.1, -0.05) is 76.6 Å². The molecule has 0 saturated carbocycles. The second-order valence-corrected chi connectivity index (χ2v) is 9.50. The van der Waals surface area contributed by atoms with Gasteiger partial charge in [-0.15, -0.1) is 0 Å². The summed E-state index contributed by atoms with van der Waals surface area (Å²) < 4.78 is 18.8. The summed E-state index contributed by atoms with van der Waals surface area (Å²) in [6, 6.07) is 26.4. The van der Waals surface area contributed by atoms with Gasteiger partial charge in [0.1, 0.15) is 17.1 Å². The molecule has 36 heavy (non-hydrogen) atoms. The lowest BCUT2D eigenvalue weighted by atomic mass is 9.80. The molecule has 0 bridgehead atoms. The number of aliphatic hydroxyl groups excluding tert-OH is 1. The second kappa shape index (κ2) is 12.2. The van der Waals surface area contributed by atoms with Gasteiger partial charge in [0.2, 0.25) is 0 Å². The Kier molecular flexibility index (Phi) is 8.81. The number of hydrogen-bond acceptors (Lipinski definition) is 4. The van der Waals surface area contributed by atoms with E-state index in [4.69, 9.17) is 14.2 Å². The van der Waals surface area contributed by atoms with Crippen molar-refractivity contribution in [2.75, 3.05) is 27.4 Å². The average molecular weight is 547 g/mol. The monoisotopic (exact) mass is 546 g/mol. The van der Waals surface area contributed by atoms with E-state index in [9.17, 15) is 5.11 Å². The van der Waals surface area contributed by atoms with Crippen LogP contribution in [0.2, 0.25) is 0 Å². The summed E-state index contributed by atoms with van der Waals surface area (Å²) in [5.41, 5.74) is 4.41. The van der Waals surface area contributed by atoms with Gasteiger partial charge in [-0.3, -0.25) is 0 Å². The maximum atomic E-state index is 9.38. The standard InChI is InChI=1S/C31H31BrO4/c1-34-29-14-10-26(11-15-29)31(25-6-4-3-5-7-25,27-12-16-30(35-2)17-13-27)36-22-24-9-8-23(18-19-33)20-28(32)21-24/h3-8,10-17,20-21,33H,9,18-19,22H2,1-2H3. The molecule has 0 radical (unpaired) electrons. The Morgan fingerprint density at radius 3 is 1.86 bits per heavy atom. The number of rotatable bonds is 10. The van der Waals surface area contributed by atoms with Gasteiger partial charge in [0, 0.05) is 11.1 Å². The Morgan fingerprint density at radius 2 is 1.33 bits per heavy atom. The molecule has 0 spiro atoms. The Balaban J connectivity index is 1.81. The summed E-state index contributed by atoms with van der Waals surface area (Å²) in [6.45, 7) is 0.541. The maximum Gasteiger partial charge on any atom is 0.144 e. The summed E-state index contributed by atoms with van der Waals surface area (Å²) in [7, 11) is 3.34. The fourth-order valence-electron chi connectivity index (χ4n) is 4.47. The van der Waals surface area contributed by atoms with Gasteiger partial charge in [-0.2, -0.15) is 0 Å². The fraction of sp³-hybridized carbons (Fsp3) is 0.226. The lowest BCUT2D eigenvalue weighted by Crippen LogP contribution is -2.33. The molecule has 0 heterocycles. The summed E-state index contributed by atoms with van der Waals surface area (Å²) in [4.78, 5) is 0. The predicted octanol–water partition coefficient (Wildman–Crippen LogP) is 6.93. The van der Waals surface area contributed by atoms with Crippen molar-refractivity contribution >= 4 is 15.9 Å². The van der Waals surface area contributed by atoms with Crippen molar-refractivity contribution in [3.63, 3.8) is 0 Å². The van der Waals surface area contributed by atoms with Crippen molar-refractivity contribution in [2.45, 2.75) is 18.4 Å². The molecule has 0 fully saturated rings. The van der Waals surface area contributed by atoms with Gasteiger partial charge < -0.3 is 19.3 Å². The molecule has 0 aliphatic heterocycles. The summed E-state index contributed by atoms with van der Waals surface area (Å²) in [5.74, 6) is 1.58. The van der Waals surface area contributed by atoms with Crippen LogP contribution >= 0.6 is 15.9 Å². The first-order chi connectivity index (χ1) is 17.6. The minimum atomic E-state index is -0.860. The van der Waals surface area contributed by atoms with Gasteiger partial charge in [0.05, 0.1) is 20.8 Å². The minimum absolute atomic E-state index is 0.126. The van der Waals surface area contributed by atoms with Crippen LogP contribution in [-0.2, 0) is 10.3 Å². The first kappa shape index (κ1) is 26.0. The normalized spacial score (nSPS) is 13.8. The Bertz CT molecular complexity index is 1180. The largest absolute Gasteiger partial charge is 0.497 e. The van der Waals surface area contributed by atoms with Crippen LogP contribution in [0.5, 0.6) is 11.5 Å². The highest BCUT2D eigenvalue weighted by atomic mass is 79.9. The summed E-state index contributed by atoms with van der Waals surface area (Å²) in [6.07, 6.45) is 7.70. The second-order valence-electron chi connectivity index (χ2n) is 8.58. The highest BCUT2D eigenvalue weighted by Gasteiger charge is 2.38. The topological polar surface area (TPSA) is 47.9 Å². The van der Waals surface area contributed by atoms with Crippen molar-refractivity contribution < 1.29 is 19.3 Å². The molecule has 4 rings (SSSR count). The quantitative estimate of drug-likeness (QED) is 0.280. The van der Waals surface area contributed by atoms with Crippen LogP contribution < -0.4 is 9.47 Å². The van der Waals surface area contributed by atoms with E-state index in [-0.39, 0.29) is 6.61 Å². The van der Waals surface area contributed by atoms with Gasteiger partial charge in [0.25, 0.3) is 0 Å². The van der Waals surface area contributed by atoms with Gasteiger partial charge in [-0.05, 0) is 77.1 Å². The van der Waals surface area contributed by atoms with Crippen LogP contribution in [0.1, 0.15) is 29.5 Å². The number of methoxy groups -OCH3 is 2.